The van der Waals surface area contributed by atoms with Crippen LogP contribution in [-0.4, -0.2) is 29.9 Å². The molecular weight excluding hydrogens is 317 g/mol. The van der Waals surface area contributed by atoms with Gasteiger partial charge in [-0.2, -0.15) is 13.2 Å². The van der Waals surface area contributed by atoms with Crippen molar-refractivity contribution in [3.8, 4) is 0 Å². The summed E-state index contributed by atoms with van der Waals surface area (Å²) in [6.07, 6.45) is 0.567. The summed E-state index contributed by atoms with van der Waals surface area (Å²) in [4.78, 5) is 14.1. The van der Waals surface area contributed by atoms with E-state index in [9.17, 15) is 18.0 Å². The van der Waals surface area contributed by atoms with Crippen LogP contribution in [0.2, 0.25) is 0 Å². The highest BCUT2D eigenvalue weighted by atomic mass is 19.4. The predicted molar refractivity (Wildman–Crippen MR) is 85.2 cm³/mol. The second-order valence-corrected chi connectivity index (χ2v) is 6.88. The summed E-state index contributed by atoms with van der Waals surface area (Å²) in [6, 6.07) is 5.73. The minimum Gasteiger partial charge on any atom is -0.353 e. The average molecular weight is 340 g/mol. The fourth-order valence-corrected chi connectivity index (χ4v) is 3.33. The largest absolute Gasteiger partial charge is 0.416 e. The first-order chi connectivity index (χ1) is 11.4. The fraction of sp³-hybridized carbons (Fsp3) is 0.611. The Balaban J connectivity index is 1.47. The first kappa shape index (κ1) is 17.3. The molecule has 1 aromatic rings. The molecule has 1 saturated carbocycles. The van der Waals surface area contributed by atoms with Crippen LogP contribution in [0.3, 0.4) is 0 Å². The van der Waals surface area contributed by atoms with Gasteiger partial charge in [0.1, 0.15) is 0 Å². The SMILES string of the molecule is O=C(NC1CCN(Cc2cccc(C(F)(F)F)c2)CC1)C1CCC1. The highest BCUT2D eigenvalue weighted by Crippen LogP contribution is 2.30. The van der Waals surface area contributed by atoms with Gasteiger partial charge in [-0.25, -0.2) is 0 Å². The summed E-state index contributed by atoms with van der Waals surface area (Å²) in [5.74, 6) is 0.380. The number of benzene rings is 1. The molecule has 3 rings (SSSR count). The molecule has 1 heterocycles. The minimum absolute atomic E-state index is 0.178. The lowest BCUT2D eigenvalue weighted by molar-refractivity contribution is -0.137. The maximum Gasteiger partial charge on any atom is 0.416 e. The lowest BCUT2D eigenvalue weighted by Crippen LogP contribution is -2.47. The third-order valence-corrected chi connectivity index (χ3v) is 5.07. The normalized spacial score (nSPS) is 20.6. The Kier molecular flexibility index (Phi) is 5.13. The summed E-state index contributed by atoms with van der Waals surface area (Å²) in [5, 5.41) is 3.12. The number of nitrogens with zero attached hydrogens (tertiary/aromatic N) is 1. The highest BCUT2D eigenvalue weighted by Gasteiger charge is 2.31. The van der Waals surface area contributed by atoms with Crippen molar-refractivity contribution in [2.75, 3.05) is 13.1 Å². The number of halogens is 3. The zero-order valence-electron chi connectivity index (χ0n) is 13.6. The minimum atomic E-state index is -4.30. The van der Waals surface area contributed by atoms with Crippen LogP contribution in [0.25, 0.3) is 0 Å². The molecule has 1 aliphatic carbocycles. The number of likely N-dealkylation sites (tertiary alicyclic amines) is 1. The quantitative estimate of drug-likeness (QED) is 0.908. The Hall–Kier alpha value is -1.56. The molecule has 6 heteroatoms. The average Bonchev–Trinajstić information content (AvgIpc) is 2.47. The van der Waals surface area contributed by atoms with E-state index in [1.54, 1.807) is 6.07 Å². The van der Waals surface area contributed by atoms with Crippen molar-refractivity contribution in [1.82, 2.24) is 10.2 Å². The Morgan fingerprint density at radius 1 is 1.17 bits per heavy atom. The Labute approximate surface area is 140 Å². The number of rotatable bonds is 4. The van der Waals surface area contributed by atoms with E-state index in [4.69, 9.17) is 0 Å². The molecule has 0 bridgehead atoms. The molecule has 2 aliphatic rings. The molecule has 1 aliphatic heterocycles. The summed E-state index contributed by atoms with van der Waals surface area (Å²) in [7, 11) is 0. The Bertz CT molecular complexity index is 576. The lowest BCUT2D eigenvalue weighted by Gasteiger charge is -2.34. The smallest absolute Gasteiger partial charge is 0.353 e. The van der Waals surface area contributed by atoms with E-state index in [-0.39, 0.29) is 17.9 Å². The summed E-state index contributed by atoms with van der Waals surface area (Å²) >= 11 is 0. The van der Waals surface area contributed by atoms with E-state index < -0.39 is 11.7 Å². The van der Waals surface area contributed by atoms with E-state index in [2.05, 4.69) is 10.2 Å². The molecule has 1 saturated heterocycles. The van der Waals surface area contributed by atoms with Crippen LogP contribution >= 0.6 is 0 Å². The molecule has 1 amide bonds. The van der Waals surface area contributed by atoms with Gasteiger partial charge in [-0.1, -0.05) is 24.6 Å². The van der Waals surface area contributed by atoms with E-state index in [1.165, 1.54) is 12.1 Å². The van der Waals surface area contributed by atoms with Gasteiger partial charge in [-0.3, -0.25) is 9.69 Å². The first-order valence-electron chi connectivity index (χ1n) is 8.61. The van der Waals surface area contributed by atoms with Crippen LogP contribution in [0, 0.1) is 5.92 Å². The van der Waals surface area contributed by atoms with Crippen molar-refractivity contribution >= 4 is 5.91 Å². The van der Waals surface area contributed by atoms with Crippen LogP contribution in [0.15, 0.2) is 24.3 Å². The number of nitrogens with one attached hydrogen (secondary N) is 1. The van der Waals surface area contributed by atoms with Crippen LogP contribution in [0.5, 0.6) is 0 Å². The van der Waals surface area contributed by atoms with Crippen molar-refractivity contribution in [2.24, 2.45) is 5.92 Å². The van der Waals surface area contributed by atoms with Gasteiger partial charge in [0.25, 0.3) is 0 Å². The molecule has 0 atom stereocenters. The first-order valence-corrected chi connectivity index (χ1v) is 8.61. The van der Waals surface area contributed by atoms with Crippen LogP contribution in [0.4, 0.5) is 13.2 Å². The van der Waals surface area contributed by atoms with Crippen LogP contribution in [-0.2, 0) is 17.5 Å². The fourth-order valence-electron chi connectivity index (χ4n) is 3.33. The number of hydrogen-bond acceptors (Lipinski definition) is 2. The van der Waals surface area contributed by atoms with Gasteiger partial charge in [0.15, 0.2) is 0 Å². The van der Waals surface area contributed by atoms with E-state index >= 15 is 0 Å². The van der Waals surface area contributed by atoms with Gasteiger partial charge < -0.3 is 5.32 Å². The van der Waals surface area contributed by atoms with Gasteiger partial charge in [-0.15, -0.1) is 0 Å². The topological polar surface area (TPSA) is 32.3 Å². The maximum atomic E-state index is 12.8. The third-order valence-electron chi connectivity index (χ3n) is 5.07. The molecule has 24 heavy (non-hydrogen) atoms. The molecule has 0 radical (unpaired) electrons. The van der Waals surface area contributed by atoms with Gasteiger partial charge in [0.2, 0.25) is 5.91 Å². The molecule has 3 nitrogen and oxygen atoms in total. The molecule has 1 aromatic carbocycles. The second kappa shape index (κ2) is 7.13. The number of carbonyl (C=O) groups is 1. The molecule has 0 aromatic heterocycles. The summed E-state index contributed by atoms with van der Waals surface area (Å²) < 4.78 is 38.3. The van der Waals surface area contributed by atoms with Crippen molar-refractivity contribution in [3.05, 3.63) is 35.4 Å². The molecule has 0 unspecified atom stereocenters. The standard InChI is InChI=1S/C18H23F3N2O/c19-18(20,21)15-6-1-3-13(11-15)12-23-9-7-16(8-10-23)22-17(24)14-4-2-5-14/h1,3,6,11,14,16H,2,4-5,7-10,12H2,(H,22,24). The monoisotopic (exact) mass is 340 g/mol. The van der Waals surface area contributed by atoms with Gasteiger partial charge in [0.05, 0.1) is 5.56 Å². The number of hydrogen-bond donors (Lipinski definition) is 1. The number of amides is 1. The molecule has 0 spiro atoms. The van der Waals surface area contributed by atoms with E-state index in [1.807, 2.05) is 0 Å². The van der Waals surface area contributed by atoms with Gasteiger partial charge >= 0.3 is 6.18 Å². The van der Waals surface area contributed by atoms with E-state index in [0.717, 1.165) is 51.3 Å². The van der Waals surface area contributed by atoms with E-state index in [0.29, 0.717) is 12.1 Å². The number of piperidine rings is 1. The highest BCUT2D eigenvalue weighted by molar-refractivity contribution is 5.79. The Morgan fingerprint density at radius 3 is 2.46 bits per heavy atom. The van der Waals surface area contributed by atoms with Crippen LogP contribution in [0.1, 0.15) is 43.2 Å². The summed E-state index contributed by atoms with van der Waals surface area (Å²) in [5.41, 5.74) is 0.0874. The Morgan fingerprint density at radius 2 is 1.88 bits per heavy atom. The predicted octanol–water partition coefficient (Wildman–Crippen LogP) is 3.59. The second-order valence-electron chi connectivity index (χ2n) is 6.88. The number of alkyl halides is 3. The van der Waals surface area contributed by atoms with Crippen molar-refractivity contribution < 1.29 is 18.0 Å². The number of carbonyl (C=O) groups excluding carboxylic acids is 1. The molecule has 1 N–H and O–H groups in total. The van der Waals surface area contributed by atoms with Crippen molar-refractivity contribution in [3.63, 3.8) is 0 Å². The van der Waals surface area contributed by atoms with Gasteiger partial charge in [0, 0.05) is 31.6 Å². The molecule has 132 valence electrons. The maximum absolute atomic E-state index is 12.8. The zero-order valence-corrected chi connectivity index (χ0v) is 13.6. The summed E-state index contributed by atoms with van der Waals surface area (Å²) in [6.45, 7) is 2.12. The van der Waals surface area contributed by atoms with Crippen molar-refractivity contribution in [2.45, 2.75) is 50.9 Å². The van der Waals surface area contributed by atoms with Gasteiger partial charge in [-0.05, 0) is 37.3 Å². The molecule has 2 fully saturated rings. The third kappa shape index (κ3) is 4.29. The molecular formula is C18H23F3N2O. The lowest BCUT2D eigenvalue weighted by atomic mass is 9.84. The van der Waals surface area contributed by atoms with Crippen LogP contribution < -0.4 is 5.32 Å². The zero-order chi connectivity index (χ0) is 17.2. The van der Waals surface area contributed by atoms with Crippen molar-refractivity contribution in [1.29, 1.82) is 0 Å².